The van der Waals surface area contributed by atoms with E-state index < -0.39 is 0 Å². The minimum absolute atomic E-state index is 0.115. The van der Waals surface area contributed by atoms with Crippen LogP contribution in [0.1, 0.15) is 12.5 Å². The Morgan fingerprint density at radius 3 is 1.70 bits per heavy atom. The van der Waals surface area contributed by atoms with Crippen LogP contribution in [0.15, 0.2) is 212 Å². The van der Waals surface area contributed by atoms with E-state index >= 15 is 0 Å². The summed E-state index contributed by atoms with van der Waals surface area (Å²) in [6, 6.07) is 61.4. The highest BCUT2D eigenvalue weighted by atomic mass is 15.2. The van der Waals surface area contributed by atoms with E-state index in [0.29, 0.717) is 0 Å². The zero-order chi connectivity index (χ0) is 38.0. The third kappa shape index (κ3) is 5.23. The maximum atomic E-state index is 4.83. The smallest absolute Gasteiger partial charge is 0.405 e. The first-order chi connectivity index (χ1) is 28.1. The number of para-hydroxylation sites is 5. The maximum absolute atomic E-state index is 4.83. The Labute approximate surface area is 332 Å². The largest absolute Gasteiger partial charge is 0.413 e. The summed E-state index contributed by atoms with van der Waals surface area (Å²) in [6.07, 6.45) is 8.77. The van der Waals surface area contributed by atoms with Crippen molar-refractivity contribution in [2.24, 2.45) is 5.92 Å². The van der Waals surface area contributed by atoms with Gasteiger partial charge in [0.15, 0.2) is 0 Å². The Morgan fingerprint density at radius 1 is 0.526 bits per heavy atom. The molecule has 2 aromatic heterocycles. The van der Waals surface area contributed by atoms with Crippen LogP contribution < -0.4 is 10.0 Å². The predicted octanol–water partition coefficient (Wildman–Crippen LogP) is 13.2. The lowest BCUT2D eigenvalue weighted by atomic mass is 9.55. The maximum Gasteiger partial charge on any atom is 0.413 e. The summed E-state index contributed by atoms with van der Waals surface area (Å²) in [5.41, 5.74) is 15.1. The molecule has 270 valence electrons. The summed E-state index contributed by atoms with van der Waals surface area (Å²) in [4.78, 5) is 2.50. The van der Waals surface area contributed by atoms with Gasteiger partial charge in [-0.3, -0.25) is 0 Å². The van der Waals surface area contributed by atoms with E-state index in [0.717, 1.165) is 34.0 Å². The van der Waals surface area contributed by atoms with Crippen molar-refractivity contribution in [1.82, 2.24) is 9.13 Å². The molecule has 0 atom stereocenters. The van der Waals surface area contributed by atoms with E-state index in [1.165, 1.54) is 60.2 Å². The summed E-state index contributed by atoms with van der Waals surface area (Å²) in [6.45, 7) is 6.84. The van der Waals surface area contributed by atoms with Gasteiger partial charge in [0.1, 0.15) is 0 Å². The Bertz CT molecular complexity index is 3130. The third-order valence-electron chi connectivity index (χ3n) is 11.9. The normalized spacial score (nSPS) is 14.1. The van der Waals surface area contributed by atoms with Gasteiger partial charge in [0.2, 0.25) is 0 Å². The SMILES string of the molecule is C=C(C1=C(C)c2ccccc2N(c2ccc3c(c2)c2ccccc2n3-c2ccccc2)B1Nc1ccc2c(c1)c1ccccc1n2-c1ccccc1)C1C=CC=C1. The van der Waals surface area contributed by atoms with Crippen LogP contribution in [0.2, 0.25) is 0 Å². The molecule has 0 saturated heterocycles. The van der Waals surface area contributed by atoms with Crippen molar-refractivity contribution in [3.63, 3.8) is 0 Å². The molecule has 11 rings (SSSR count). The Morgan fingerprint density at radius 2 is 1.05 bits per heavy atom. The van der Waals surface area contributed by atoms with Gasteiger partial charge in [-0.2, -0.15) is 0 Å². The van der Waals surface area contributed by atoms with Crippen molar-refractivity contribution < 1.29 is 0 Å². The number of anilines is 3. The topological polar surface area (TPSA) is 25.1 Å². The zero-order valence-electron chi connectivity index (χ0n) is 31.7. The number of benzene rings is 7. The van der Waals surface area contributed by atoms with E-state index in [1.54, 1.807) is 0 Å². The molecule has 0 radical (unpaired) electrons. The van der Waals surface area contributed by atoms with E-state index in [4.69, 9.17) is 6.58 Å². The molecule has 0 unspecified atom stereocenters. The Kier molecular flexibility index (Phi) is 7.68. The number of hydrogen-bond donors (Lipinski definition) is 1. The number of hydrogen-bond acceptors (Lipinski definition) is 2. The predicted molar refractivity (Wildman–Crippen MR) is 243 cm³/mol. The van der Waals surface area contributed by atoms with Crippen LogP contribution in [0.4, 0.5) is 17.1 Å². The number of aromatic nitrogens is 2. The summed E-state index contributed by atoms with van der Waals surface area (Å²) in [7, 11) is 0. The van der Waals surface area contributed by atoms with Crippen LogP contribution in [0, 0.1) is 5.92 Å². The second kappa shape index (κ2) is 13.2. The van der Waals surface area contributed by atoms with Gasteiger partial charge in [0, 0.05) is 55.9 Å². The fourth-order valence-corrected chi connectivity index (χ4v) is 9.35. The summed E-state index contributed by atoms with van der Waals surface area (Å²) in [5, 5.41) is 9.00. The van der Waals surface area contributed by atoms with Gasteiger partial charge in [-0.1, -0.05) is 122 Å². The first-order valence-corrected chi connectivity index (χ1v) is 19.7. The van der Waals surface area contributed by atoms with E-state index in [-0.39, 0.29) is 12.9 Å². The zero-order valence-corrected chi connectivity index (χ0v) is 31.7. The van der Waals surface area contributed by atoms with Crippen LogP contribution >= 0.6 is 0 Å². The molecule has 2 aliphatic rings. The van der Waals surface area contributed by atoms with Gasteiger partial charge in [-0.15, -0.1) is 0 Å². The highest BCUT2D eigenvalue weighted by molar-refractivity contribution is 6.78. The van der Waals surface area contributed by atoms with Gasteiger partial charge in [-0.05, 0) is 108 Å². The molecule has 0 bridgehead atoms. The average Bonchev–Trinajstić information content (AvgIpc) is 4.00. The lowest BCUT2D eigenvalue weighted by Gasteiger charge is -2.40. The number of nitrogens with one attached hydrogen (secondary N) is 1. The van der Waals surface area contributed by atoms with E-state index in [9.17, 15) is 0 Å². The van der Waals surface area contributed by atoms with E-state index in [2.05, 4.69) is 220 Å². The van der Waals surface area contributed by atoms with Gasteiger partial charge in [-0.25, -0.2) is 0 Å². The molecule has 1 aliphatic heterocycles. The first-order valence-electron chi connectivity index (χ1n) is 19.7. The summed E-state index contributed by atoms with van der Waals surface area (Å²) in [5.74, 6) is 0.115. The highest BCUT2D eigenvalue weighted by Gasteiger charge is 2.40. The molecular formula is C52H39BN4. The molecule has 0 amide bonds. The standard InChI is InChI=1S/C52H39BN4/c1-35(37-17-9-10-18-37)52-36(2)42-23-11-16-28-51(42)57(41-30-32-50-46(34-41)44-25-13-15-27-48(44)56(50)40-21-7-4-8-22-40)53(52)54-38-29-31-49-45(33-38)43-24-12-14-26-47(43)55(49)39-19-5-3-6-20-39/h3-34,37,54H,1H2,2H3. The van der Waals surface area contributed by atoms with Crippen molar-refractivity contribution in [2.45, 2.75) is 6.92 Å². The molecule has 7 aromatic carbocycles. The van der Waals surface area contributed by atoms with Crippen molar-refractivity contribution in [3.8, 4) is 11.4 Å². The number of rotatable bonds is 7. The summed E-state index contributed by atoms with van der Waals surface area (Å²) < 4.78 is 4.75. The molecule has 1 aliphatic carbocycles. The van der Waals surface area contributed by atoms with Crippen LogP contribution in [0.3, 0.4) is 0 Å². The van der Waals surface area contributed by atoms with Crippen LogP contribution in [-0.4, -0.2) is 16.1 Å². The quantitative estimate of drug-likeness (QED) is 0.165. The van der Waals surface area contributed by atoms with Gasteiger partial charge >= 0.3 is 6.98 Å². The highest BCUT2D eigenvalue weighted by Crippen LogP contribution is 2.46. The minimum atomic E-state index is -0.255. The molecule has 5 heteroatoms. The van der Waals surface area contributed by atoms with Gasteiger partial charge in [0.05, 0.1) is 22.1 Å². The first kappa shape index (κ1) is 33.1. The van der Waals surface area contributed by atoms with Crippen LogP contribution in [-0.2, 0) is 0 Å². The second-order valence-electron chi connectivity index (χ2n) is 15.1. The second-order valence-corrected chi connectivity index (χ2v) is 15.1. The fraction of sp³-hybridized carbons (Fsp3) is 0.0385. The molecule has 0 fully saturated rings. The summed E-state index contributed by atoms with van der Waals surface area (Å²) >= 11 is 0. The van der Waals surface area contributed by atoms with Gasteiger partial charge < -0.3 is 19.2 Å². The number of nitrogens with zero attached hydrogens (tertiary/aromatic N) is 3. The molecule has 0 spiro atoms. The molecule has 9 aromatic rings. The minimum Gasteiger partial charge on any atom is -0.405 e. The number of allylic oxidation sites excluding steroid dienone is 7. The lowest BCUT2D eigenvalue weighted by Crippen LogP contribution is -2.48. The fourth-order valence-electron chi connectivity index (χ4n) is 9.35. The van der Waals surface area contributed by atoms with Crippen LogP contribution in [0.5, 0.6) is 0 Å². The van der Waals surface area contributed by atoms with Gasteiger partial charge in [0.25, 0.3) is 0 Å². The van der Waals surface area contributed by atoms with Crippen LogP contribution in [0.25, 0.3) is 60.6 Å². The van der Waals surface area contributed by atoms with Crippen molar-refractivity contribution in [1.29, 1.82) is 0 Å². The van der Waals surface area contributed by atoms with Crippen molar-refractivity contribution in [3.05, 3.63) is 217 Å². The Balaban J connectivity index is 1.12. The molecule has 3 heterocycles. The third-order valence-corrected chi connectivity index (χ3v) is 11.9. The Hall–Kier alpha value is -7.24. The molecular weight excluding hydrogens is 691 g/mol. The lowest BCUT2D eigenvalue weighted by molar-refractivity contribution is 1.02. The molecule has 0 saturated carbocycles. The number of fused-ring (bicyclic) bond motifs is 7. The molecule has 4 nitrogen and oxygen atoms in total. The average molecular weight is 731 g/mol. The molecule has 57 heavy (non-hydrogen) atoms. The molecule has 1 N–H and O–H groups in total. The monoisotopic (exact) mass is 730 g/mol. The van der Waals surface area contributed by atoms with Crippen molar-refractivity contribution in [2.75, 3.05) is 10.0 Å². The van der Waals surface area contributed by atoms with E-state index in [1.807, 2.05) is 0 Å². The van der Waals surface area contributed by atoms with Crippen molar-refractivity contribution >= 4 is 73.2 Å².